The van der Waals surface area contributed by atoms with Gasteiger partial charge in [0, 0.05) is 12.6 Å². The van der Waals surface area contributed by atoms with Crippen molar-refractivity contribution in [2.75, 3.05) is 7.05 Å². The molecule has 1 atom stereocenters. The third kappa shape index (κ3) is 3.36. The fraction of sp³-hybridized carbons (Fsp3) is 0.500. The predicted molar refractivity (Wildman–Crippen MR) is 67.1 cm³/mol. The van der Waals surface area contributed by atoms with Crippen molar-refractivity contribution >= 4 is 0 Å². The van der Waals surface area contributed by atoms with Crippen LogP contribution in [0.25, 0.3) is 0 Å². The van der Waals surface area contributed by atoms with E-state index < -0.39 is 0 Å². The van der Waals surface area contributed by atoms with Gasteiger partial charge in [-0.1, -0.05) is 18.2 Å². The summed E-state index contributed by atoms with van der Waals surface area (Å²) in [6.45, 7) is 7.26. The summed E-state index contributed by atoms with van der Waals surface area (Å²) in [4.78, 5) is 2.22. The van der Waals surface area contributed by atoms with Gasteiger partial charge in [-0.25, -0.2) is 0 Å². The van der Waals surface area contributed by atoms with Gasteiger partial charge in [0.05, 0.1) is 12.5 Å². The molecule has 0 fully saturated rings. The average Bonchev–Trinajstić information content (AvgIpc) is 2.24. The Morgan fingerprint density at radius 1 is 1.31 bits per heavy atom. The summed E-state index contributed by atoms with van der Waals surface area (Å²) < 4.78 is 0. The van der Waals surface area contributed by atoms with E-state index in [2.05, 4.69) is 57.0 Å². The molecule has 0 amide bonds. The van der Waals surface area contributed by atoms with Gasteiger partial charge in [0.25, 0.3) is 0 Å². The molecule has 1 unspecified atom stereocenters. The van der Waals surface area contributed by atoms with E-state index in [0.717, 1.165) is 6.54 Å². The first-order chi connectivity index (χ1) is 7.54. The molecule has 0 aliphatic rings. The summed E-state index contributed by atoms with van der Waals surface area (Å²) in [5, 5.41) is 8.66. The second-order valence-electron chi connectivity index (χ2n) is 4.54. The van der Waals surface area contributed by atoms with Crippen molar-refractivity contribution < 1.29 is 0 Å². The molecule has 86 valence electrons. The van der Waals surface area contributed by atoms with Crippen LogP contribution >= 0.6 is 0 Å². The Morgan fingerprint density at radius 2 is 2.00 bits per heavy atom. The van der Waals surface area contributed by atoms with Crippen LogP contribution in [0.5, 0.6) is 0 Å². The predicted octanol–water partition coefficient (Wildman–Crippen LogP) is 3.04. The van der Waals surface area contributed by atoms with E-state index in [9.17, 15) is 0 Å². The highest BCUT2D eigenvalue weighted by molar-refractivity contribution is 5.29. The van der Waals surface area contributed by atoms with E-state index in [-0.39, 0.29) is 0 Å². The maximum atomic E-state index is 8.66. The third-order valence-electron chi connectivity index (χ3n) is 3.14. The van der Waals surface area contributed by atoms with Gasteiger partial charge in [0.2, 0.25) is 0 Å². The minimum Gasteiger partial charge on any atom is -0.298 e. The van der Waals surface area contributed by atoms with Gasteiger partial charge in [-0.3, -0.25) is 4.90 Å². The molecule has 0 radical (unpaired) electrons. The highest BCUT2D eigenvalue weighted by atomic mass is 15.1. The normalized spacial score (nSPS) is 12.5. The topological polar surface area (TPSA) is 27.0 Å². The molecule has 0 aliphatic heterocycles. The molecule has 2 heteroatoms. The van der Waals surface area contributed by atoms with Crippen LogP contribution in [-0.2, 0) is 6.54 Å². The first-order valence-corrected chi connectivity index (χ1v) is 5.68. The van der Waals surface area contributed by atoms with Crippen LogP contribution in [0.2, 0.25) is 0 Å². The molecule has 0 bridgehead atoms. The summed E-state index contributed by atoms with van der Waals surface area (Å²) in [5.74, 6) is 0. The Labute approximate surface area is 98.5 Å². The molecule has 0 saturated heterocycles. The van der Waals surface area contributed by atoms with Crippen molar-refractivity contribution in [2.24, 2.45) is 0 Å². The Morgan fingerprint density at radius 3 is 2.56 bits per heavy atom. The molecule has 0 aromatic heterocycles. The lowest BCUT2D eigenvalue weighted by Crippen LogP contribution is -2.28. The maximum Gasteiger partial charge on any atom is 0.0638 e. The molecular formula is C14H20N2. The SMILES string of the molecule is Cc1ccc(CN(C)C(C)CC#N)cc1C. The van der Waals surface area contributed by atoms with Gasteiger partial charge >= 0.3 is 0 Å². The van der Waals surface area contributed by atoms with Gasteiger partial charge in [-0.15, -0.1) is 0 Å². The fourth-order valence-corrected chi connectivity index (χ4v) is 1.63. The molecule has 2 nitrogen and oxygen atoms in total. The number of aryl methyl sites for hydroxylation is 2. The Bertz CT molecular complexity index is 390. The second kappa shape index (κ2) is 5.67. The quantitative estimate of drug-likeness (QED) is 0.773. The zero-order valence-electron chi connectivity index (χ0n) is 10.6. The molecular weight excluding hydrogens is 196 g/mol. The molecule has 1 rings (SSSR count). The van der Waals surface area contributed by atoms with Crippen molar-refractivity contribution in [3.8, 4) is 6.07 Å². The standard InChI is InChI=1S/C14H20N2/c1-11-5-6-14(9-12(11)2)10-16(4)13(3)7-8-15/h5-6,9,13H,7,10H2,1-4H3. The maximum absolute atomic E-state index is 8.66. The monoisotopic (exact) mass is 216 g/mol. The van der Waals surface area contributed by atoms with E-state index in [1.165, 1.54) is 16.7 Å². The minimum absolute atomic E-state index is 0.312. The molecule has 0 heterocycles. The molecule has 1 aromatic rings. The molecule has 16 heavy (non-hydrogen) atoms. The number of benzene rings is 1. The van der Waals surface area contributed by atoms with Crippen molar-refractivity contribution in [3.05, 3.63) is 34.9 Å². The zero-order valence-corrected chi connectivity index (χ0v) is 10.6. The largest absolute Gasteiger partial charge is 0.298 e. The average molecular weight is 216 g/mol. The van der Waals surface area contributed by atoms with Gasteiger partial charge in [-0.2, -0.15) is 5.26 Å². The van der Waals surface area contributed by atoms with Gasteiger partial charge in [0.1, 0.15) is 0 Å². The van der Waals surface area contributed by atoms with Crippen LogP contribution < -0.4 is 0 Å². The van der Waals surface area contributed by atoms with Crippen LogP contribution in [0.1, 0.15) is 30.0 Å². The number of rotatable bonds is 4. The van der Waals surface area contributed by atoms with Crippen molar-refractivity contribution in [3.63, 3.8) is 0 Å². The fourth-order valence-electron chi connectivity index (χ4n) is 1.63. The summed E-state index contributed by atoms with van der Waals surface area (Å²) in [7, 11) is 2.07. The Hall–Kier alpha value is -1.33. The lowest BCUT2D eigenvalue weighted by molar-refractivity contribution is 0.252. The summed E-state index contributed by atoms with van der Waals surface area (Å²) >= 11 is 0. The Kier molecular flexibility index (Phi) is 4.52. The summed E-state index contributed by atoms with van der Waals surface area (Å²) in [6, 6.07) is 9.08. The molecule has 0 saturated carbocycles. The van der Waals surface area contributed by atoms with Crippen LogP contribution in [-0.4, -0.2) is 18.0 Å². The van der Waals surface area contributed by atoms with Crippen LogP contribution in [0.3, 0.4) is 0 Å². The highest BCUT2D eigenvalue weighted by Crippen LogP contribution is 2.13. The van der Waals surface area contributed by atoms with Crippen LogP contribution in [0, 0.1) is 25.2 Å². The second-order valence-corrected chi connectivity index (χ2v) is 4.54. The highest BCUT2D eigenvalue weighted by Gasteiger charge is 2.09. The lowest BCUT2D eigenvalue weighted by Gasteiger charge is -2.22. The first-order valence-electron chi connectivity index (χ1n) is 5.68. The van der Waals surface area contributed by atoms with E-state index in [1.54, 1.807) is 0 Å². The lowest BCUT2D eigenvalue weighted by atomic mass is 10.1. The van der Waals surface area contributed by atoms with Gasteiger partial charge in [0.15, 0.2) is 0 Å². The van der Waals surface area contributed by atoms with E-state index >= 15 is 0 Å². The van der Waals surface area contributed by atoms with Gasteiger partial charge in [-0.05, 0) is 44.5 Å². The zero-order chi connectivity index (χ0) is 12.1. The van der Waals surface area contributed by atoms with Gasteiger partial charge < -0.3 is 0 Å². The van der Waals surface area contributed by atoms with E-state index in [4.69, 9.17) is 5.26 Å². The Balaban J connectivity index is 2.66. The number of hydrogen-bond donors (Lipinski definition) is 0. The van der Waals surface area contributed by atoms with Crippen molar-refractivity contribution in [2.45, 2.75) is 39.8 Å². The minimum atomic E-state index is 0.312. The third-order valence-corrected chi connectivity index (χ3v) is 3.14. The van der Waals surface area contributed by atoms with Crippen molar-refractivity contribution in [1.82, 2.24) is 4.90 Å². The molecule has 0 aliphatic carbocycles. The van der Waals surface area contributed by atoms with Crippen molar-refractivity contribution in [1.29, 1.82) is 5.26 Å². The van der Waals surface area contributed by atoms with Crippen LogP contribution in [0.15, 0.2) is 18.2 Å². The van der Waals surface area contributed by atoms with E-state index in [0.29, 0.717) is 12.5 Å². The smallest absolute Gasteiger partial charge is 0.0638 e. The number of nitriles is 1. The number of nitrogens with zero attached hydrogens (tertiary/aromatic N) is 2. The first kappa shape index (κ1) is 12.7. The molecule has 1 aromatic carbocycles. The summed E-state index contributed by atoms with van der Waals surface area (Å²) in [5.41, 5.74) is 3.98. The molecule has 0 N–H and O–H groups in total. The molecule has 0 spiro atoms. The summed E-state index contributed by atoms with van der Waals surface area (Å²) in [6.07, 6.45) is 0.585. The number of hydrogen-bond acceptors (Lipinski definition) is 2. The van der Waals surface area contributed by atoms with E-state index in [1.807, 2.05) is 0 Å². The van der Waals surface area contributed by atoms with Crippen LogP contribution in [0.4, 0.5) is 0 Å².